The summed E-state index contributed by atoms with van der Waals surface area (Å²) >= 11 is 0. The smallest absolute Gasteiger partial charge is 0.335 e. The maximum absolute atomic E-state index is 11.9. The summed E-state index contributed by atoms with van der Waals surface area (Å²) in [6.45, 7) is 2.59. The van der Waals surface area contributed by atoms with Crippen molar-refractivity contribution in [2.24, 2.45) is 0 Å². The first-order valence-electron chi connectivity index (χ1n) is 7.09. The van der Waals surface area contributed by atoms with E-state index in [0.29, 0.717) is 18.7 Å². The van der Waals surface area contributed by atoms with Gasteiger partial charge in [-0.15, -0.1) is 0 Å². The quantitative estimate of drug-likeness (QED) is 0.917. The van der Waals surface area contributed by atoms with Gasteiger partial charge >= 0.3 is 5.97 Å². The fourth-order valence-electron chi connectivity index (χ4n) is 2.95. The SMILES string of the molecule is O=C(O)c1cc(N2CCCC2)cc(N2CCCC2=O)c1. The molecule has 2 fully saturated rings. The van der Waals surface area contributed by atoms with Gasteiger partial charge in [0.25, 0.3) is 0 Å². The number of carbonyl (C=O) groups is 2. The normalized spacial score (nSPS) is 18.9. The van der Waals surface area contributed by atoms with Crippen LogP contribution in [0.3, 0.4) is 0 Å². The molecular weight excluding hydrogens is 256 g/mol. The van der Waals surface area contributed by atoms with E-state index in [4.69, 9.17) is 0 Å². The molecule has 0 aromatic heterocycles. The minimum Gasteiger partial charge on any atom is -0.478 e. The van der Waals surface area contributed by atoms with Crippen molar-refractivity contribution in [3.05, 3.63) is 23.8 Å². The Morgan fingerprint density at radius 2 is 1.70 bits per heavy atom. The summed E-state index contributed by atoms with van der Waals surface area (Å²) in [5.74, 6) is -0.862. The van der Waals surface area contributed by atoms with Crippen LogP contribution in [-0.4, -0.2) is 36.6 Å². The average Bonchev–Trinajstić information content (AvgIpc) is 3.09. The maximum Gasteiger partial charge on any atom is 0.335 e. The molecule has 0 atom stereocenters. The predicted molar refractivity (Wildman–Crippen MR) is 76.4 cm³/mol. The Bertz CT molecular complexity index is 550. The molecule has 0 saturated carbocycles. The first-order chi connectivity index (χ1) is 9.65. The van der Waals surface area contributed by atoms with Crippen molar-refractivity contribution < 1.29 is 14.7 Å². The van der Waals surface area contributed by atoms with Crippen molar-refractivity contribution >= 4 is 23.3 Å². The van der Waals surface area contributed by atoms with E-state index in [0.717, 1.165) is 38.0 Å². The summed E-state index contributed by atoms with van der Waals surface area (Å²) in [6, 6.07) is 5.25. The number of hydrogen-bond donors (Lipinski definition) is 1. The summed E-state index contributed by atoms with van der Waals surface area (Å²) in [6.07, 6.45) is 3.66. The zero-order valence-electron chi connectivity index (χ0n) is 11.3. The van der Waals surface area contributed by atoms with Gasteiger partial charge in [-0.2, -0.15) is 0 Å². The largest absolute Gasteiger partial charge is 0.478 e. The Kier molecular flexibility index (Phi) is 3.34. The van der Waals surface area contributed by atoms with Gasteiger partial charge in [0.1, 0.15) is 0 Å². The number of nitrogens with zero attached hydrogens (tertiary/aromatic N) is 2. The van der Waals surface area contributed by atoms with E-state index in [-0.39, 0.29) is 11.5 Å². The van der Waals surface area contributed by atoms with Crippen molar-refractivity contribution in [1.82, 2.24) is 0 Å². The summed E-state index contributed by atoms with van der Waals surface area (Å²) < 4.78 is 0. The molecular formula is C15H18N2O3. The minimum atomic E-state index is -0.945. The zero-order chi connectivity index (χ0) is 14.1. The van der Waals surface area contributed by atoms with Gasteiger partial charge in [-0.1, -0.05) is 0 Å². The Morgan fingerprint density at radius 3 is 2.30 bits per heavy atom. The highest BCUT2D eigenvalue weighted by molar-refractivity contribution is 5.98. The van der Waals surface area contributed by atoms with Gasteiger partial charge in [0.15, 0.2) is 0 Å². The lowest BCUT2D eigenvalue weighted by Crippen LogP contribution is -2.25. The van der Waals surface area contributed by atoms with Crippen LogP contribution in [0.4, 0.5) is 11.4 Å². The van der Waals surface area contributed by atoms with Gasteiger partial charge in [-0.05, 0) is 37.5 Å². The first kappa shape index (κ1) is 13.0. The third-order valence-corrected chi connectivity index (χ3v) is 4.01. The molecule has 106 valence electrons. The summed E-state index contributed by atoms with van der Waals surface area (Å²) in [4.78, 5) is 27.0. The van der Waals surface area contributed by atoms with E-state index < -0.39 is 5.97 Å². The van der Waals surface area contributed by atoms with Crippen molar-refractivity contribution in [3.8, 4) is 0 Å². The van der Waals surface area contributed by atoms with Crippen LogP contribution < -0.4 is 9.80 Å². The monoisotopic (exact) mass is 274 g/mol. The highest BCUT2D eigenvalue weighted by atomic mass is 16.4. The Balaban J connectivity index is 2.00. The van der Waals surface area contributed by atoms with Crippen LogP contribution in [0.5, 0.6) is 0 Å². The molecule has 2 aliphatic rings. The summed E-state index contributed by atoms with van der Waals surface area (Å²) in [7, 11) is 0. The van der Waals surface area contributed by atoms with Crippen LogP contribution in [0.15, 0.2) is 18.2 Å². The Morgan fingerprint density at radius 1 is 1.00 bits per heavy atom. The zero-order valence-corrected chi connectivity index (χ0v) is 11.3. The topological polar surface area (TPSA) is 60.9 Å². The standard InChI is InChI=1S/C15H18N2O3/c18-14-4-3-7-17(14)13-9-11(15(19)20)8-12(10-13)16-5-1-2-6-16/h8-10H,1-7H2,(H,19,20). The second kappa shape index (κ2) is 5.15. The van der Waals surface area contributed by atoms with Gasteiger partial charge in [0.05, 0.1) is 5.56 Å². The van der Waals surface area contributed by atoms with Gasteiger partial charge in [0, 0.05) is 37.4 Å². The molecule has 1 aromatic carbocycles. The molecule has 20 heavy (non-hydrogen) atoms. The third kappa shape index (κ3) is 2.35. The number of carbonyl (C=O) groups excluding carboxylic acids is 1. The summed E-state index contributed by atoms with van der Waals surface area (Å²) in [5, 5.41) is 9.26. The highest BCUT2D eigenvalue weighted by Crippen LogP contribution is 2.30. The first-order valence-corrected chi connectivity index (χ1v) is 7.09. The second-order valence-corrected chi connectivity index (χ2v) is 5.39. The molecule has 5 heteroatoms. The molecule has 5 nitrogen and oxygen atoms in total. The van der Waals surface area contributed by atoms with Crippen LogP contribution in [0.2, 0.25) is 0 Å². The van der Waals surface area contributed by atoms with Gasteiger partial charge in [-0.25, -0.2) is 4.79 Å². The third-order valence-electron chi connectivity index (χ3n) is 4.01. The number of amides is 1. The van der Waals surface area contributed by atoms with E-state index in [1.54, 1.807) is 17.0 Å². The fourth-order valence-corrected chi connectivity index (χ4v) is 2.95. The van der Waals surface area contributed by atoms with Crippen molar-refractivity contribution in [2.45, 2.75) is 25.7 Å². The molecule has 0 aliphatic carbocycles. The lowest BCUT2D eigenvalue weighted by molar-refractivity contribution is -0.117. The minimum absolute atomic E-state index is 0.0833. The van der Waals surface area contributed by atoms with E-state index in [1.807, 2.05) is 6.07 Å². The molecule has 2 aliphatic heterocycles. The predicted octanol–water partition coefficient (Wildman–Crippen LogP) is 2.11. The summed E-state index contributed by atoms with van der Waals surface area (Å²) in [5.41, 5.74) is 1.88. The number of anilines is 2. The molecule has 1 amide bonds. The second-order valence-electron chi connectivity index (χ2n) is 5.39. The molecule has 1 N–H and O–H groups in total. The van der Waals surface area contributed by atoms with Crippen molar-refractivity contribution in [2.75, 3.05) is 29.4 Å². The van der Waals surface area contributed by atoms with E-state index in [1.165, 1.54) is 0 Å². The van der Waals surface area contributed by atoms with Crippen molar-refractivity contribution in [3.63, 3.8) is 0 Å². The Hall–Kier alpha value is -2.04. The number of carboxylic acids is 1. The number of carboxylic acid groups (broad SMARTS) is 1. The van der Waals surface area contributed by atoms with Crippen LogP contribution in [0.1, 0.15) is 36.0 Å². The molecule has 3 rings (SSSR count). The van der Waals surface area contributed by atoms with Crippen LogP contribution >= 0.6 is 0 Å². The lowest BCUT2D eigenvalue weighted by Gasteiger charge is -2.22. The van der Waals surface area contributed by atoms with Crippen LogP contribution in [0, 0.1) is 0 Å². The fraction of sp³-hybridized carbons (Fsp3) is 0.467. The molecule has 0 radical (unpaired) electrons. The Labute approximate surface area is 117 Å². The van der Waals surface area contributed by atoms with Crippen LogP contribution in [0.25, 0.3) is 0 Å². The highest BCUT2D eigenvalue weighted by Gasteiger charge is 2.24. The van der Waals surface area contributed by atoms with Gasteiger partial charge in [-0.3, -0.25) is 4.79 Å². The molecule has 1 aromatic rings. The van der Waals surface area contributed by atoms with Crippen LogP contribution in [-0.2, 0) is 4.79 Å². The van der Waals surface area contributed by atoms with Gasteiger partial charge < -0.3 is 14.9 Å². The van der Waals surface area contributed by atoms with Gasteiger partial charge in [0.2, 0.25) is 5.91 Å². The van der Waals surface area contributed by atoms with E-state index >= 15 is 0 Å². The molecule has 0 bridgehead atoms. The molecule has 2 saturated heterocycles. The number of hydrogen-bond acceptors (Lipinski definition) is 3. The number of benzene rings is 1. The van der Waals surface area contributed by atoms with E-state index in [9.17, 15) is 14.7 Å². The molecule has 2 heterocycles. The average molecular weight is 274 g/mol. The number of rotatable bonds is 3. The lowest BCUT2D eigenvalue weighted by atomic mass is 10.1. The maximum atomic E-state index is 11.9. The van der Waals surface area contributed by atoms with E-state index in [2.05, 4.69) is 4.90 Å². The number of aromatic carboxylic acids is 1. The van der Waals surface area contributed by atoms with Crippen molar-refractivity contribution in [1.29, 1.82) is 0 Å². The molecule has 0 spiro atoms. The molecule has 0 unspecified atom stereocenters.